The van der Waals surface area contributed by atoms with Crippen molar-refractivity contribution in [2.75, 3.05) is 13.7 Å². The molecule has 19 heavy (non-hydrogen) atoms. The Morgan fingerprint density at radius 2 is 1.84 bits per heavy atom. The van der Waals surface area contributed by atoms with E-state index in [0.29, 0.717) is 12.1 Å². The van der Waals surface area contributed by atoms with Gasteiger partial charge in [-0.1, -0.05) is 44.5 Å². The first kappa shape index (κ1) is 16.2. The lowest BCUT2D eigenvalue weighted by Crippen LogP contribution is -2.34. The van der Waals surface area contributed by atoms with Gasteiger partial charge in [-0.15, -0.1) is 0 Å². The Kier molecular flexibility index (Phi) is 7.76. The molecule has 0 amide bonds. The van der Waals surface area contributed by atoms with Crippen LogP contribution in [0.5, 0.6) is 0 Å². The summed E-state index contributed by atoms with van der Waals surface area (Å²) in [6.07, 6.45) is 4.82. The zero-order valence-electron chi connectivity index (χ0n) is 12.9. The summed E-state index contributed by atoms with van der Waals surface area (Å²) in [5, 5.41) is 3.62. The van der Waals surface area contributed by atoms with Crippen molar-refractivity contribution in [3.63, 3.8) is 0 Å². The summed E-state index contributed by atoms with van der Waals surface area (Å²) in [5.74, 6) is 0. The molecule has 2 atom stereocenters. The molecule has 0 aliphatic carbocycles. The molecule has 0 fully saturated rings. The molecular weight excluding hydrogens is 234 g/mol. The van der Waals surface area contributed by atoms with Gasteiger partial charge in [0.05, 0.1) is 6.61 Å². The van der Waals surface area contributed by atoms with Crippen LogP contribution in [-0.2, 0) is 11.2 Å². The van der Waals surface area contributed by atoms with Crippen LogP contribution in [-0.4, -0.2) is 19.8 Å². The fourth-order valence-electron chi connectivity index (χ4n) is 2.29. The molecule has 0 spiro atoms. The molecule has 1 rings (SSSR count). The van der Waals surface area contributed by atoms with Gasteiger partial charge in [-0.3, -0.25) is 0 Å². The van der Waals surface area contributed by atoms with Crippen molar-refractivity contribution in [1.29, 1.82) is 0 Å². The molecule has 1 N–H and O–H groups in total. The first-order valence-corrected chi connectivity index (χ1v) is 7.55. The van der Waals surface area contributed by atoms with Gasteiger partial charge in [-0.25, -0.2) is 0 Å². The third-order valence-corrected chi connectivity index (χ3v) is 3.65. The summed E-state index contributed by atoms with van der Waals surface area (Å²) in [4.78, 5) is 0. The van der Waals surface area contributed by atoms with Crippen LogP contribution in [0, 0.1) is 0 Å². The van der Waals surface area contributed by atoms with E-state index in [-0.39, 0.29) is 0 Å². The van der Waals surface area contributed by atoms with E-state index in [1.807, 2.05) is 0 Å². The molecule has 0 aliphatic heterocycles. The predicted molar refractivity (Wildman–Crippen MR) is 82.6 cm³/mol. The highest BCUT2D eigenvalue weighted by Crippen LogP contribution is 2.16. The number of hydrogen-bond acceptors (Lipinski definition) is 2. The smallest absolute Gasteiger partial charge is 0.0615 e. The average Bonchev–Trinajstić information content (AvgIpc) is 2.45. The average molecular weight is 263 g/mol. The molecule has 0 bridgehead atoms. The summed E-state index contributed by atoms with van der Waals surface area (Å²) in [7, 11) is 1.76. The molecule has 1 aromatic rings. The van der Waals surface area contributed by atoms with Crippen LogP contribution in [0.4, 0.5) is 0 Å². The Hall–Kier alpha value is -0.860. The quantitative estimate of drug-likeness (QED) is 0.724. The van der Waals surface area contributed by atoms with Gasteiger partial charge in [0, 0.05) is 19.2 Å². The second-order valence-corrected chi connectivity index (χ2v) is 5.29. The van der Waals surface area contributed by atoms with Crippen LogP contribution in [0.15, 0.2) is 24.3 Å². The van der Waals surface area contributed by atoms with Gasteiger partial charge in [-0.2, -0.15) is 0 Å². The molecule has 2 nitrogen and oxygen atoms in total. The van der Waals surface area contributed by atoms with Crippen molar-refractivity contribution in [2.24, 2.45) is 0 Å². The molecular formula is C17H29NO. The molecule has 1 aromatic carbocycles. The summed E-state index contributed by atoms with van der Waals surface area (Å²) in [6, 6.07) is 9.84. The number of aryl methyl sites for hydroxylation is 1. The summed E-state index contributed by atoms with van der Waals surface area (Å²) < 4.78 is 5.23. The van der Waals surface area contributed by atoms with Gasteiger partial charge in [0.15, 0.2) is 0 Å². The molecule has 0 saturated heterocycles. The van der Waals surface area contributed by atoms with Gasteiger partial charge >= 0.3 is 0 Å². The van der Waals surface area contributed by atoms with Crippen molar-refractivity contribution in [3.8, 4) is 0 Å². The lowest BCUT2D eigenvalue weighted by atomic mass is 10.0. The lowest BCUT2D eigenvalue weighted by molar-refractivity contribution is 0.159. The van der Waals surface area contributed by atoms with E-state index < -0.39 is 0 Å². The Labute approximate surface area is 118 Å². The minimum Gasteiger partial charge on any atom is -0.383 e. The Balaban J connectivity index is 2.54. The van der Waals surface area contributed by atoms with Gasteiger partial charge in [0.1, 0.15) is 0 Å². The first-order chi connectivity index (χ1) is 9.21. The molecule has 2 unspecified atom stereocenters. The van der Waals surface area contributed by atoms with Crippen LogP contribution >= 0.6 is 0 Å². The van der Waals surface area contributed by atoms with Gasteiger partial charge < -0.3 is 10.1 Å². The highest BCUT2D eigenvalue weighted by atomic mass is 16.5. The van der Waals surface area contributed by atoms with Crippen LogP contribution in [0.25, 0.3) is 0 Å². The van der Waals surface area contributed by atoms with E-state index in [9.17, 15) is 0 Å². The van der Waals surface area contributed by atoms with Gasteiger partial charge in [0.25, 0.3) is 0 Å². The van der Waals surface area contributed by atoms with Crippen molar-refractivity contribution >= 4 is 0 Å². The van der Waals surface area contributed by atoms with Gasteiger partial charge in [0.2, 0.25) is 0 Å². The van der Waals surface area contributed by atoms with Gasteiger partial charge in [-0.05, 0) is 37.3 Å². The van der Waals surface area contributed by atoms with Crippen LogP contribution in [0.1, 0.15) is 57.2 Å². The zero-order chi connectivity index (χ0) is 14.1. The summed E-state index contributed by atoms with van der Waals surface area (Å²) in [6.45, 7) is 7.42. The van der Waals surface area contributed by atoms with Crippen LogP contribution in [0.3, 0.4) is 0 Å². The number of hydrogen-bond donors (Lipinski definition) is 1. The topological polar surface area (TPSA) is 21.3 Å². The minimum absolute atomic E-state index is 0.375. The third kappa shape index (κ3) is 5.75. The second-order valence-electron chi connectivity index (χ2n) is 5.29. The molecule has 2 heteroatoms. The Morgan fingerprint density at radius 1 is 1.16 bits per heavy atom. The molecule has 108 valence electrons. The molecule has 0 saturated carbocycles. The SMILES string of the molecule is CCCCc1ccc(C(C)NC(CC)COC)cc1. The lowest BCUT2D eigenvalue weighted by Gasteiger charge is -2.22. The number of rotatable bonds is 9. The van der Waals surface area contributed by atoms with E-state index in [2.05, 4.69) is 50.4 Å². The molecule has 0 heterocycles. The standard InChI is InChI=1S/C17H29NO/c1-5-7-8-15-9-11-16(12-10-15)14(3)18-17(6-2)13-19-4/h9-12,14,17-18H,5-8,13H2,1-4H3. The van der Waals surface area contributed by atoms with Crippen molar-refractivity contribution in [3.05, 3.63) is 35.4 Å². The maximum atomic E-state index is 5.23. The number of methoxy groups -OCH3 is 1. The van der Waals surface area contributed by atoms with E-state index in [1.54, 1.807) is 7.11 Å². The van der Waals surface area contributed by atoms with E-state index >= 15 is 0 Å². The highest BCUT2D eigenvalue weighted by molar-refractivity contribution is 5.24. The zero-order valence-corrected chi connectivity index (χ0v) is 12.9. The highest BCUT2D eigenvalue weighted by Gasteiger charge is 2.11. The molecule has 0 radical (unpaired) electrons. The fraction of sp³-hybridized carbons (Fsp3) is 0.647. The van der Waals surface area contributed by atoms with Crippen molar-refractivity contribution < 1.29 is 4.74 Å². The molecule has 0 aliphatic rings. The maximum Gasteiger partial charge on any atom is 0.0615 e. The fourth-order valence-corrected chi connectivity index (χ4v) is 2.29. The van der Waals surface area contributed by atoms with Crippen molar-refractivity contribution in [2.45, 2.75) is 58.5 Å². The minimum atomic E-state index is 0.375. The first-order valence-electron chi connectivity index (χ1n) is 7.55. The summed E-state index contributed by atoms with van der Waals surface area (Å²) >= 11 is 0. The number of benzene rings is 1. The largest absolute Gasteiger partial charge is 0.383 e. The van der Waals surface area contributed by atoms with Crippen LogP contribution in [0.2, 0.25) is 0 Å². The number of unbranched alkanes of at least 4 members (excludes halogenated alkanes) is 1. The van der Waals surface area contributed by atoms with E-state index in [1.165, 1.54) is 30.4 Å². The maximum absolute atomic E-state index is 5.23. The number of nitrogens with one attached hydrogen (secondary N) is 1. The summed E-state index contributed by atoms with van der Waals surface area (Å²) in [5.41, 5.74) is 2.80. The van der Waals surface area contributed by atoms with E-state index in [4.69, 9.17) is 4.74 Å². The van der Waals surface area contributed by atoms with Crippen LogP contribution < -0.4 is 5.32 Å². The number of ether oxygens (including phenoxy) is 1. The Bertz CT molecular complexity index is 334. The van der Waals surface area contributed by atoms with Crippen molar-refractivity contribution in [1.82, 2.24) is 5.32 Å². The van der Waals surface area contributed by atoms with E-state index in [0.717, 1.165) is 13.0 Å². The normalized spacial score (nSPS) is 14.3. The molecule has 0 aromatic heterocycles. The third-order valence-electron chi connectivity index (χ3n) is 3.65. The second kappa shape index (κ2) is 9.11. The predicted octanol–water partition coefficient (Wildman–Crippen LogP) is 4.10. The Morgan fingerprint density at radius 3 is 2.37 bits per heavy atom. The monoisotopic (exact) mass is 263 g/mol.